The van der Waals surface area contributed by atoms with Gasteiger partial charge in [-0.05, 0) is 56.2 Å². The minimum atomic E-state index is -0.316. The van der Waals surface area contributed by atoms with Gasteiger partial charge in [0.05, 0.1) is 13.5 Å². The van der Waals surface area contributed by atoms with Crippen LogP contribution in [0.3, 0.4) is 0 Å². The zero-order valence-electron chi connectivity index (χ0n) is 15.5. The smallest absolute Gasteiger partial charge is 0.228 e. The third kappa shape index (κ3) is 3.03. The first-order valence-corrected chi connectivity index (χ1v) is 8.79. The normalized spacial score (nSPS) is 21.8. The van der Waals surface area contributed by atoms with Gasteiger partial charge in [0.2, 0.25) is 5.91 Å². The summed E-state index contributed by atoms with van der Waals surface area (Å²) in [7, 11) is 1.62. The molecule has 0 aliphatic carbocycles. The van der Waals surface area contributed by atoms with Crippen LogP contribution in [0.5, 0.6) is 11.5 Å². The highest BCUT2D eigenvalue weighted by atomic mass is 16.6. The molecule has 5 nitrogen and oxygen atoms in total. The second kappa shape index (κ2) is 6.02. The number of carbonyl (C=O) groups is 1. The lowest BCUT2D eigenvalue weighted by Crippen LogP contribution is -2.37. The molecule has 0 spiro atoms. The van der Waals surface area contributed by atoms with Gasteiger partial charge >= 0.3 is 0 Å². The van der Waals surface area contributed by atoms with Crippen LogP contribution in [0.2, 0.25) is 0 Å². The van der Waals surface area contributed by atoms with E-state index in [1.54, 1.807) is 7.11 Å². The summed E-state index contributed by atoms with van der Waals surface area (Å²) >= 11 is 0. The lowest BCUT2D eigenvalue weighted by atomic mass is 9.93. The van der Waals surface area contributed by atoms with Gasteiger partial charge in [0, 0.05) is 11.3 Å². The molecule has 0 aromatic heterocycles. The molecule has 2 heterocycles. The Kier molecular flexibility index (Phi) is 3.92. The van der Waals surface area contributed by atoms with E-state index in [0.717, 1.165) is 33.9 Å². The van der Waals surface area contributed by atoms with Crippen LogP contribution < -0.4 is 14.8 Å². The monoisotopic (exact) mass is 353 g/mol. The topological polar surface area (TPSA) is 60.1 Å². The quantitative estimate of drug-likeness (QED) is 0.850. The van der Waals surface area contributed by atoms with Crippen LogP contribution in [0.15, 0.2) is 36.4 Å². The second-order valence-corrected chi connectivity index (χ2v) is 7.46. The van der Waals surface area contributed by atoms with Crippen molar-refractivity contribution < 1.29 is 19.0 Å². The Morgan fingerprint density at radius 1 is 1.23 bits per heavy atom. The molecular formula is C21H23NO4. The summed E-state index contributed by atoms with van der Waals surface area (Å²) in [6.07, 6.45) is 0.458. The van der Waals surface area contributed by atoms with Crippen LogP contribution in [-0.2, 0) is 16.0 Å². The van der Waals surface area contributed by atoms with Crippen molar-refractivity contribution in [3.05, 3.63) is 53.1 Å². The molecule has 2 aliphatic heterocycles. The molecule has 2 aliphatic rings. The fraction of sp³-hybridized carbons (Fsp3) is 0.381. The fourth-order valence-corrected chi connectivity index (χ4v) is 3.49. The maximum atomic E-state index is 12.4. The molecule has 2 atom stereocenters. The van der Waals surface area contributed by atoms with Gasteiger partial charge in [0.25, 0.3) is 0 Å². The summed E-state index contributed by atoms with van der Waals surface area (Å²) in [5.41, 5.74) is 3.42. The molecule has 136 valence electrons. The first-order valence-electron chi connectivity index (χ1n) is 8.79. The van der Waals surface area contributed by atoms with Crippen LogP contribution in [0.1, 0.15) is 36.6 Å². The third-order valence-electron chi connectivity index (χ3n) is 5.01. The van der Waals surface area contributed by atoms with Crippen molar-refractivity contribution in [2.24, 2.45) is 0 Å². The largest absolute Gasteiger partial charge is 0.497 e. The number of methoxy groups -OCH3 is 1. The predicted molar refractivity (Wildman–Crippen MR) is 98.8 cm³/mol. The highest BCUT2D eigenvalue weighted by Crippen LogP contribution is 2.54. The van der Waals surface area contributed by atoms with Crippen molar-refractivity contribution in [1.82, 2.24) is 0 Å². The number of ether oxygens (including phenoxy) is 3. The summed E-state index contributed by atoms with van der Waals surface area (Å²) in [5.74, 6) is 1.57. The van der Waals surface area contributed by atoms with E-state index in [4.69, 9.17) is 14.2 Å². The van der Waals surface area contributed by atoms with Gasteiger partial charge < -0.3 is 19.5 Å². The Morgan fingerprint density at radius 2 is 1.96 bits per heavy atom. The molecule has 0 saturated carbocycles. The van der Waals surface area contributed by atoms with Crippen LogP contribution in [0.25, 0.3) is 0 Å². The van der Waals surface area contributed by atoms with E-state index >= 15 is 0 Å². The van der Waals surface area contributed by atoms with Crippen LogP contribution in [-0.4, -0.2) is 24.7 Å². The molecule has 26 heavy (non-hydrogen) atoms. The minimum absolute atomic E-state index is 0.0523. The van der Waals surface area contributed by atoms with Gasteiger partial charge in [-0.25, -0.2) is 0 Å². The van der Waals surface area contributed by atoms with Crippen molar-refractivity contribution in [2.75, 3.05) is 12.4 Å². The first kappa shape index (κ1) is 16.9. The summed E-state index contributed by atoms with van der Waals surface area (Å²) in [5, 5.41) is 3.02. The van der Waals surface area contributed by atoms with Crippen LogP contribution in [0, 0.1) is 6.92 Å². The van der Waals surface area contributed by atoms with Gasteiger partial charge in [-0.3, -0.25) is 4.79 Å². The lowest BCUT2D eigenvalue weighted by Gasteiger charge is -2.30. The molecule has 0 bridgehead atoms. The van der Waals surface area contributed by atoms with Crippen molar-refractivity contribution in [3.63, 3.8) is 0 Å². The Hall–Kier alpha value is -2.53. The van der Waals surface area contributed by atoms with Crippen LogP contribution >= 0.6 is 0 Å². The summed E-state index contributed by atoms with van der Waals surface area (Å²) in [6.45, 7) is 6.06. The van der Waals surface area contributed by atoms with E-state index in [1.165, 1.54) is 0 Å². The average molecular weight is 353 g/mol. The number of nitrogens with one attached hydrogen (secondary N) is 1. The van der Waals surface area contributed by atoms with E-state index in [9.17, 15) is 4.79 Å². The fourth-order valence-electron chi connectivity index (χ4n) is 3.49. The van der Waals surface area contributed by atoms with Gasteiger partial charge in [-0.15, -0.1) is 0 Å². The SMILES string of the molecule is COc1ccc(CC(=O)Nc2cc3c(cc2C)OC(C)(C)C2OC32)cc1. The highest BCUT2D eigenvalue weighted by Gasteiger charge is 2.56. The Labute approximate surface area is 153 Å². The zero-order valence-corrected chi connectivity index (χ0v) is 15.5. The second-order valence-electron chi connectivity index (χ2n) is 7.46. The van der Waals surface area contributed by atoms with Crippen molar-refractivity contribution in [1.29, 1.82) is 0 Å². The van der Waals surface area contributed by atoms with E-state index in [-0.39, 0.29) is 23.7 Å². The maximum absolute atomic E-state index is 12.4. The number of aryl methyl sites for hydroxylation is 1. The molecule has 1 amide bonds. The van der Waals surface area contributed by atoms with Crippen molar-refractivity contribution >= 4 is 11.6 Å². The van der Waals surface area contributed by atoms with E-state index in [2.05, 4.69) is 5.32 Å². The average Bonchev–Trinajstić information content (AvgIpc) is 3.39. The molecule has 2 aromatic rings. The van der Waals surface area contributed by atoms with Gasteiger partial charge in [0.1, 0.15) is 29.3 Å². The Bertz CT molecular complexity index is 857. The van der Waals surface area contributed by atoms with Gasteiger partial charge in [-0.2, -0.15) is 0 Å². The third-order valence-corrected chi connectivity index (χ3v) is 5.01. The molecule has 1 N–H and O–H groups in total. The van der Waals surface area contributed by atoms with Gasteiger partial charge in [-0.1, -0.05) is 12.1 Å². The number of epoxide rings is 1. The van der Waals surface area contributed by atoms with Gasteiger partial charge in [0.15, 0.2) is 0 Å². The zero-order chi connectivity index (χ0) is 18.5. The van der Waals surface area contributed by atoms with Crippen molar-refractivity contribution in [2.45, 2.75) is 45.0 Å². The number of anilines is 1. The molecule has 4 rings (SSSR count). The molecule has 1 saturated heterocycles. The van der Waals surface area contributed by atoms with E-state index < -0.39 is 0 Å². The summed E-state index contributed by atoms with van der Waals surface area (Å²) in [6, 6.07) is 11.5. The van der Waals surface area contributed by atoms with Crippen molar-refractivity contribution in [3.8, 4) is 11.5 Å². The number of rotatable bonds is 4. The Morgan fingerprint density at radius 3 is 2.65 bits per heavy atom. The molecule has 2 aromatic carbocycles. The number of benzene rings is 2. The maximum Gasteiger partial charge on any atom is 0.228 e. The number of hydrogen-bond acceptors (Lipinski definition) is 4. The molecule has 2 unspecified atom stereocenters. The lowest BCUT2D eigenvalue weighted by molar-refractivity contribution is -0.115. The number of amides is 1. The molecule has 1 fully saturated rings. The summed E-state index contributed by atoms with van der Waals surface area (Å²) in [4.78, 5) is 12.4. The predicted octanol–water partition coefficient (Wildman–Crippen LogP) is 3.80. The number of fused-ring (bicyclic) bond motifs is 3. The van der Waals surface area contributed by atoms with E-state index in [0.29, 0.717) is 6.42 Å². The van der Waals surface area contributed by atoms with Crippen LogP contribution in [0.4, 0.5) is 5.69 Å². The number of carbonyl (C=O) groups excluding carboxylic acids is 1. The number of hydrogen-bond donors (Lipinski definition) is 1. The Balaban J connectivity index is 1.50. The standard InChI is InChI=1S/C21H23NO4/c1-12-9-17-15(19-20(25-19)21(2,3)26-17)11-16(12)22-18(23)10-13-5-7-14(24-4)8-6-13/h5-9,11,19-20H,10H2,1-4H3,(H,22,23). The minimum Gasteiger partial charge on any atom is -0.497 e. The molecule has 5 heteroatoms. The highest BCUT2D eigenvalue weighted by molar-refractivity contribution is 5.93. The molecule has 0 radical (unpaired) electrons. The molecular weight excluding hydrogens is 330 g/mol. The summed E-state index contributed by atoms with van der Waals surface area (Å²) < 4.78 is 17.0. The van der Waals surface area contributed by atoms with E-state index in [1.807, 2.05) is 57.2 Å². The first-order chi connectivity index (χ1) is 12.4.